The van der Waals surface area contributed by atoms with Gasteiger partial charge in [0.25, 0.3) is 0 Å². The average Bonchev–Trinajstić information content (AvgIpc) is 2.89. The molecule has 156 valence electrons. The van der Waals surface area contributed by atoms with Gasteiger partial charge in [-0.15, -0.1) is 0 Å². The van der Waals surface area contributed by atoms with Crippen molar-refractivity contribution in [3.05, 3.63) is 71.2 Å². The highest BCUT2D eigenvalue weighted by Crippen LogP contribution is 2.42. The van der Waals surface area contributed by atoms with Crippen molar-refractivity contribution in [2.75, 3.05) is 0 Å². The van der Waals surface area contributed by atoms with Crippen molar-refractivity contribution in [3.63, 3.8) is 0 Å². The molecule has 0 saturated carbocycles. The predicted molar refractivity (Wildman–Crippen MR) is 120 cm³/mol. The van der Waals surface area contributed by atoms with E-state index < -0.39 is 0 Å². The van der Waals surface area contributed by atoms with Gasteiger partial charge in [0.15, 0.2) is 0 Å². The first-order chi connectivity index (χ1) is 14.1. The number of halogens is 1. The molecule has 2 aliphatic rings. The van der Waals surface area contributed by atoms with Gasteiger partial charge in [0, 0.05) is 11.8 Å². The quantitative estimate of drug-likeness (QED) is 0.572. The number of pyridine rings is 1. The smallest absolute Gasteiger partial charge is 0.400 e. The molecule has 0 bridgehead atoms. The fourth-order valence-corrected chi connectivity index (χ4v) is 4.02. The van der Waals surface area contributed by atoms with Crippen LogP contribution in [0, 0.1) is 18.7 Å². The van der Waals surface area contributed by atoms with Crippen molar-refractivity contribution >= 4 is 12.7 Å². The number of allylic oxidation sites excluding steroid dienone is 4. The molecule has 0 spiro atoms. The van der Waals surface area contributed by atoms with Crippen molar-refractivity contribution in [2.24, 2.45) is 5.92 Å². The van der Waals surface area contributed by atoms with Crippen LogP contribution in [-0.2, 0) is 9.31 Å². The standard InChI is InChI=1S/C25H29BFNO2/c1-16-14-23(28-15-21(16)18-7-10-20(27)11-8-18)19-9-12-22(17(2)13-19)26-29-24(3,4)25(5,6)30-26/h7-12,14-15,17H,13H2,1-6H3. The van der Waals surface area contributed by atoms with E-state index in [2.05, 4.69) is 59.8 Å². The molecule has 4 rings (SSSR count). The summed E-state index contributed by atoms with van der Waals surface area (Å²) in [4.78, 5) is 4.71. The van der Waals surface area contributed by atoms with Gasteiger partial charge in [0.1, 0.15) is 5.82 Å². The van der Waals surface area contributed by atoms with Gasteiger partial charge in [-0.2, -0.15) is 0 Å². The number of hydrogen-bond acceptors (Lipinski definition) is 3. The van der Waals surface area contributed by atoms with Gasteiger partial charge in [-0.1, -0.05) is 31.2 Å². The van der Waals surface area contributed by atoms with Gasteiger partial charge < -0.3 is 9.31 Å². The number of benzene rings is 1. The van der Waals surface area contributed by atoms with Gasteiger partial charge in [0.2, 0.25) is 0 Å². The van der Waals surface area contributed by atoms with E-state index in [1.807, 2.05) is 6.20 Å². The Labute approximate surface area is 179 Å². The molecule has 0 N–H and O–H groups in total. The van der Waals surface area contributed by atoms with E-state index in [-0.39, 0.29) is 24.1 Å². The molecule has 5 heteroatoms. The minimum Gasteiger partial charge on any atom is -0.400 e. The highest BCUT2D eigenvalue weighted by atomic mass is 19.1. The van der Waals surface area contributed by atoms with E-state index in [1.165, 1.54) is 23.2 Å². The van der Waals surface area contributed by atoms with Gasteiger partial charge in [-0.25, -0.2) is 4.39 Å². The second kappa shape index (κ2) is 7.47. The topological polar surface area (TPSA) is 31.4 Å². The predicted octanol–water partition coefficient (Wildman–Crippen LogP) is 6.18. The minimum absolute atomic E-state index is 0.230. The van der Waals surface area contributed by atoms with Crippen LogP contribution in [0.5, 0.6) is 0 Å². The Balaban J connectivity index is 1.58. The normalized spacial score (nSPS) is 22.6. The number of rotatable bonds is 3. The van der Waals surface area contributed by atoms with E-state index in [0.717, 1.165) is 28.8 Å². The SMILES string of the molecule is Cc1cc(C2=CC=C(B3OC(C)(C)C(C)(C)O3)C(C)C2)ncc1-c1ccc(F)cc1. The Kier molecular flexibility index (Phi) is 5.23. The van der Waals surface area contributed by atoms with Crippen LogP contribution in [0.15, 0.2) is 54.2 Å². The number of nitrogens with zero attached hydrogens (tertiary/aromatic N) is 1. The van der Waals surface area contributed by atoms with Crippen molar-refractivity contribution in [1.82, 2.24) is 4.98 Å². The molecule has 1 fully saturated rings. The maximum atomic E-state index is 13.2. The van der Waals surface area contributed by atoms with Crippen LogP contribution in [0.25, 0.3) is 16.7 Å². The third-order valence-corrected chi connectivity index (χ3v) is 6.69. The van der Waals surface area contributed by atoms with Crippen molar-refractivity contribution in [3.8, 4) is 11.1 Å². The summed E-state index contributed by atoms with van der Waals surface area (Å²) in [6.07, 6.45) is 7.05. The molecule has 1 saturated heterocycles. The highest BCUT2D eigenvalue weighted by Gasteiger charge is 2.53. The Morgan fingerprint density at radius 2 is 1.67 bits per heavy atom. The molecule has 1 aromatic heterocycles. The van der Waals surface area contributed by atoms with Gasteiger partial charge >= 0.3 is 7.12 Å². The maximum absolute atomic E-state index is 13.2. The lowest BCUT2D eigenvalue weighted by Gasteiger charge is -2.32. The lowest BCUT2D eigenvalue weighted by molar-refractivity contribution is 0.00578. The van der Waals surface area contributed by atoms with Gasteiger partial charge in [-0.05, 0) is 87.3 Å². The first kappa shape index (κ1) is 21.0. The zero-order valence-electron chi connectivity index (χ0n) is 18.6. The van der Waals surface area contributed by atoms with Crippen molar-refractivity contribution < 1.29 is 13.7 Å². The second-order valence-electron chi connectivity index (χ2n) is 9.44. The number of hydrogen-bond donors (Lipinski definition) is 0. The van der Waals surface area contributed by atoms with Crippen LogP contribution in [0.4, 0.5) is 4.39 Å². The van der Waals surface area contributed by atoms with E-state index in [4.69, 9.17) is 14.3 Å². The van der Waals surface area contributed by atoms with Crippen LogP contribution in [0.1, 0.15) is 52.3 Å². The van der Waals surface area contributed by atoms with E-state index in [1.54, 1.807) is 12.1 Å². The summed E-state index contributed by atoms with van der Waals surface area (Å²) in [6, 6.07) is 8.66. The van der Waals surface area contributed by atoms with Crippen LogP contribution in [-0.4, -0.2) is 23.3 Å². The summed E-state index contributed by atoms with van der Waals surface area (Å²) in [5.74, 6) is 0.0745. The second-order valence-corrected chi connectivity index (χ2v) is 9.44. The zero-order valence-corrected chi connectivity index (χ0v) is 18.6. The fourth-order valence-electron chi connectivity index (χ4n) is 4.02. The Morgan fingerprint density at radius 1 is 1.03 bits per heavy atom. The molecule has 0 amide bonds. The van der Waals surface area contributed by atoms with Crippen LogP contribution >= 0.6 is 0 Å². The summed E-state index contributed by atoms with van der Waals surface area (Å²) in [7, 11) is -0.307. The molecule has 1 aliphatic heterocycles. The largest absolute Gasteiger partial charge is 0.490 e. The Hall–Kier alpha value is -2.24. The van der Waals surface area contributed by atoms with E-state index >= 15 is 0 Å². The summed E-state index contributed by atoms with van der Waals surface area (Å²) in [5, 5.41) is 0. The summed E-state index contributed by atoms with van der Waals surface area (Å²) >= 11 is 0. The lowest BCUT2D eigenvalue weighted by atomic mass is 9.67. The number of aryl methyl sites for hydroxylation is 1. The third kappa shape index (κ3) is 3.77. The van der Waals surface area contributed by atoms with Crippen LogP contribution < -0.4 is 0 Å². The molecule has 3 nitrogen and oxygen atoms in total. The van der Waals surface area contributed by atoms with Gasteiger partial charge in [-0.3, -0.25) is 4.98 Å². The molecule has 2 heterocycles. The van der Waals surface area contributed by atoms with Crippen LogP contribution in [0.3, 0.4) is 0 Å². The first-order valence-corrected chi connectivity index (χ1v) is 10.6. The van der Waals surface area contributed by atoms with E-state index in [9.17, 15) is 4.39 Å². The highest BCUT2D eigenvalue weighted by molar-refractivity contribution is 6.55. The molecular weight excluding hydrogens is 376 g/mol. The molecule has 1 atom stereocenters. The summed E-state index contributed by atoms with van der Waals surface area (Å²) in [6.45, 7) is 12.6. The summed E-state index contributed by atoms with van der Waals surface area (Å²) < 4.78 is 25.7. The van der Waals surface area contributed by atoms with Crippen molar-refractivity contribution in [1.29, 1.82) is 0 Å². The minimum atomic E-state index is -0.336. The molecule has 2 aromatic rings. The molecule has 1 aromatic carbocycles. The average molecular weight is 405 g/mol. The van der Waals surface area contributed by atoms with Crippen molar-refractivity contribution in [2.45, 2.75) is 59.2 Å². The maximum Gasteiger partial charge on any atom is 0.490 e. The Bertz CT molecular complexity index is 1010. The lowest BCUT2D eigenvalue weighted by Crippen LogP contribution is -2.41. The summed E-state index contributed by atoms with van der Waals surface area (Å²) in [5.41, 5.74) is 5.82. The Morgan fingerprint density at radius 3 is 2.23 bits per heavy atom. The monoisotopic (exact) mass is 405 g/mol. The van der Waals surface area contributed by atoms with E-state index in [0.29, 0.717) is 5.92 Å². The fraction of sp³-hybridized carbons (Fsp3) is 0.400. The number of aromatic nitrogens is 1. The molecule has 30 heavy (non-hydrogen) atoms. The molecule has 1 unspecified atom stereocenters. The molecular formula is C25H29BFNO2. The van der Waals surface area contributed by atoms with Crippen LogP contribution in [0.2, 0.25) is 0 Å². The van der Waals surface area contributed by atoms with Gasteiger partial charge in [0.05, 0.1) is 16.9 Å². The molecule has 1 aliphatic carbocycles. The molecule has 0 radical (unpaired) electrons. The zero-order chi connectivity index (χ0) is 21.7. The third-order valence-electron chi connectivity index (χ3n) is 6.69. The first-order valence-electron chi connectivity index (χ1n) is 10.6.